The number of hydrogen-bond acceptors (Lipinski definition) is 5. The van der Waals surface area contributed by atoms with Crippen LogP contribution in [0.15, 0.2) is 30.3 Å². The molecular weight excluding hydrogens is 346 g/mol. The van der Waals surface area contributed by atoms with Crippen molar-refractivity contribution >= 4 is 11.9 Å². The Morgan fingerprint density at radius 3 is 2.44 bits per heavy atom. The Labute approximate surface area is 161 Å². The number of likely N-dealkylation sites (tertiary alicyclic amines) is 1. The number of ether oxygens (including phenoxy) is 2. The van der Waals surface area contributed by atoms with Crippen LogP contribution in [0.5, 0.6) is 0 Å². The van der Waals surface area contributed by atoms with Crippen LogP contribution in [0.3, 0.4) is 0 Å². The second kappa shape index (κ2) is 11.0. The van der Waals surface area contributed by atoms with Crippen molar-refractivity contribution in [3.8, 4) is 0 Å². The van der Waals surface area contributed by atoms with Gasteiger partial charge < -0.3 is 19.5 Å². The fourth-order valence-corrected chi connectivity index (χ4v) is 3.67. The highest BCUT2D eigenvalue weighted by Gasteiger charge is 2.38. The number of nitrogens with zero attached hydrogens (tertiary/aromatic N) is 1. The topological polar surface area (TPSA) is 76.1 Å². The number of carbonyl (C=O) groups excluding carboxylic acids is 1. The van der Waals surface area contributed by atoms with Crippen LogP contribution in [-0.2, 0) is 25.7 Å². The van der Waals surface area contributed by atoms with Crippen LogP contribution in [0, 0.1) is 5.41 Å². The molecule has 0 aromatic heterocycles. The van der Waals surface area contributed by atoms with Crippen molar-refractivity contribution in [2.75, 3.05) is 33.4 Å². The number of rotatable bonds is 11. The Kier molecular flexibility index (Phi) is 8.75. The Bertz CT molecular complexity index is 581. The number of unbranched alkanes of at least 4 members (excludes halogenated alkanes) is 1. The van der Waals surface area contributed by atoms with Gasteiger partial charge in [0, 0.05) is 6.61 Å². The number of hydrogen-bond donors (Lipinski definition) is 1. The highest BCUT2D eigenvalue weighted by atomic mass is 16.5. The average molecular weight is 377 g/mol. The van der Waals surface area contributed by atoms with Crippen molar-refractivity contribution in [2.45, 2.75) is 45.1 Å². The van der Waals surface area contributed by atoms with Crippen LogP contribution in [0.1, 0.15) is 44.1 Å². The van der Waals surface area contributed by atoms with Gasteiger partial charge in [0.2, 0.25) is 0 Å². The first-order valence-electron chi connectivity index (χ1n) is 9.66. The van der Waals surface area contributed by atoms with Gasteiger partial charge in [-0.05, 0) is 56.3 Å². The number of benzene rings is 1. The SMILES string of the molecule is COC(=O)CC1(CC(=O)O)CCN(CCCCOCc2ccccc2)CC1. The number of carbonyl (C=O) groups is 2. The zero-order valence-corrected chi connectivity index (χ0v) is 16.2. The summed E-state index contributed by atoms with van der Waals surface area (Å²) in [5.74, 6) is -1.16. The molecule has 0 aliphatic carbocycles. The molecule has 1 aromatic rings. The van der Waals surface area contributed by atoms with Crippen molar-refractivity contribution in [1.82, 2.24) is 4.90 Å². The van der Waals surface area contributed by atoms with E-state index in [1.807, 2.05) is 18.2 Å². The summed E-state index contributed by atoms with van der Waals surface area (Å²) in [7, 11) is 1.35. The quantitative estimate of drug-likeness (QED) is 0.472. The molecule has 2 rings (SSSR count). The second-order valence-electron chi connectivity index (χ2n) is 7.41. The fraction of sp³-hybridized carbons (Fsp3) is 0.619. The zero-order valence-electron chi connectivity index (χ0n) is 16.2. The van der Waals surface area contributed by atoms with Gasteiger partial charge in [-0.25, -0.2) is 0 Å². The van der Waals surface area contributed by atoms with Crippen molar-refractivity contribution in [2.24, 2.45) is 5.41 Å². The van der Waals surface area contributed by atoms with Crippen LogP contribution >= 0.6 is 0 Å². The molecule has 27 heavy (non-hydrogen) atoms. The van der Waals surface area contributed by atoms with Gasteiger partial charge in [0.05, 0.1) is 26.6 Å². The molecule has 1 fully saturated rings. The predicted octanol–water partition coefficient (Wildman–Crippen LogP) is 3.10. The normalized spacial score (nSPS) is 16.8. The molecule has 0 spiro atoms. The summed E-state index contributed by atoms with van der Waals surface area (Å²) in [6.07, 6.45) is 3.72. The maximum Gasteiger partial charge on any atom is 0.306 e. The van der Waals surface area contributed by atoms with E-state index >= 15 is 0 Å². The third kappa shape index (κ3) is 7.69. The van der Waals surface area contributed by atoms with Gasteiger partial charge in [-0.15, -0.1) is 0 Å². The summed E-state index contributed by atoms with van der Waals surface area (Å²) >= 11 is 0. The van der Waals surface area contributed by atoms with Crippen molar-refractivity contribution in [3.05, 3.63) is 35.9 Å². The van der Waals surface area contributed by atoms with E-state index in [-0.39, 0.29) is 18.8 Å². The third-order valence-corrected chi connectivity index (χ3v) is 5.31. The highest BCUT2D eigenvalue weighted by molar-refractivity contribution is 5.73. The van der Waals surface area contributed by atoms with E-state index in [2.05, 4.69) is 17.0 Å². The molecule has 0 atom stereocenters. The Morgan fingerprint density at radius 2 is 1.81 bits per heavy atom. The van der Waals surface area contributed by atoms with E-state index in [0.717, 1.165) is 51.9 Å². The van der Waals surface area contributed by atoms with Crippen LogP contribution < -0.4 is 0 Å². The minimum atomic E-state index is -0.845. The molecule has 1 aliphatic rings. The number of methoxy groups -OCH3 is 1. The smallest absolute Gasteiger partial charge is 0.306 e. The Hall–Kier alpha value is -1.92. The van der Waals surface area contributed by atoms with Crippen molar-refractivity contribution in [1.29, 1.82) is 0 Å². The average Bonchev–Trinajstić information content (AvgIpc) is 2.66. The fourth-order valence-electron chi connectivity index (χ4n) is 3.67. The van der Waals surface area contributed by atoms with E-state index < -0.39 is 11.4 Å². The summed E-state index contributed by atoms with van der Waals surface area (Å²) in [5.41, 5.74) is 0.725. The highest BCUT2D eigenvalue weighted by Crippen LogP contribution is 2.38. The minimum absolute atomic E-state index is 0.0310. The first-order valence-corrected chi connectivity index (χ1v) is 9.66. The van der Waals surface area contributed by atoms with Crippen LogP contribution in [0.2, 0.25) is 0 Å². The molecule has 1 heterocycles. The van der Waals surface area contributed by atoms with Gasteiger partial charge in [0.1, 0.15) is 0 Å². The van der Waals surface area contributed by atoms with Gasteiger partial charge in [0.25, 0.3) is 0 Å². The molecule has 6 nitrogen and oxygen atoms in total. The van der Waals surface area contributed by atoms with E-state index in [1.165, 1.54) is 12.7 Å². The second-order valence-corrected chi connectivity index (χ2v) is 7.41. The molecule has 1 saturated heterocycles. The zero-order chi connectivity index (χ0) is 19.5. The summed E-state index contributed by atoms with van der Waals surface area (Å²) in [6.45, 7) is 4.03. The molecule has 0 bridgehead atoms. The Morgan fingerprint density at radius 1 is 1.11 bits per heavy atom. The number of piperidine rings is 1. The van der Waals surface area contributed by atoms with Gasteiger partial charge in [0.15, 0.2) is 0 Å². The lowest BCUT2D eigenvalue weighted by Gasteiger charge is -2.40. The van der Waals surface area contributed by atoms with Crippen molar-refractivity contribution in [3.63, 3.8) is 0 Å². The third-order valence-electron chi connectivity index (χ3n) is 5.31. The molecule has 1 aliphatic heterocycles. The molecule has 0 amide bonds. The van der Waals surface area contributed by atoms with Gasteiger partial charge in [-0.1, -0.05) is 30.3 Å². The lowest BCUT2D eigenvalue weighted by atomic mass is 9.73. The lowest BCUT2D eigenvalue weighted by molar-refractivity contribution is -0.147. The molecule has 0 unspecified atom stereocenters. The molecule has 6 heteroatoms. The van der Waals surface area contributed by atoms with Crippen LogP contribution in [0.4, 0.5) is 0 Å². The van der Waals surface area contributed by atoms with E-state index in [4.69, 9.17) is 9.47 Å². The van der Waals surface area contributed by atoms with E-state index in [1.54, 1.807) is 0 Å². The Balaban J connectivity index is 1.64. The summed E-state index contributed by atoms with van der Waals surface area (Å²) < 4.78 is 10.5. The minimum Gasteiger partial charge on any atom is -0.481 e. The maximum absolute atomic E-state index is 11.7. The number of carboxylic acid groups (broad SMARTS) is 1. The predicted molar refractivity (Wildman–Crippen MR) is 102 cm³/mol. The molecule has 1 aromatic carbocycles. The largest absolute Gasteiger partial charge is 0.481 e. The van der Waals surface area contributed by atoms with Gasteiger partial charge in [-0.3, -0.25) is 9.59 Å². The number of esters is 1. The number of aliphatic carboxylic acids is 1. The summed E-state index contributed by atoms with van der Waals surface area (Å²) in [4.78, 5) is 25.3. The van der Waals surface area contributed by atoms with Crippen LogP contribution in [-0.4, -0.2) is 55.3 Å². The van der Waals surface area contributed by atoms with Crippen LogP contribution in [0.25, 0.3) is 0 Å². The number of carboxylic acids is 1. The van der Waals surface area contributed by atoms with E-state index in [0.29, 0.717) is 6.61 Å². The van der Waals surface area contributed by atoms with Gasteiger partial charge in [-0.2, -0.15) is 0 Å². The molecule has 150 valence electrons. The van der Waals surface area contributed by atoms with Gasteiger partial charge >= 0.3 is 11.9 Å². The summed E-state index contributed by atoms with van der Waals surface area (Å²) in [6, 6.07) is 10.1. The van der Waals surface area contributed by atoms with Crippen molar-refractivity contribution < 1.29 is 24.2 Å². The first-order chi connectivity index (χ1) is 13.0. The molecule has 1 N–H and O–H groups in total. The maximum atomic E-state index is 11.7. The molecular formula is C21H31NO5. The summed E-state index contributed by atoms with van der Waals surface area (Å²) in [5, 5.41) is 9.21. The molecule has 0 radical (unpaired) electrons. The monoisotopic (exact) mass is 377 g/mol. The van der Waals surface area contributed by atoms with E-state index in [9.17, 15) is 14.7 Å². The standard InChI is InChI=1S/C21H31NO5/c1-26-20(25)16-21(15-19(23)24)9-12-22(13-10-21)11-5-6-14-27-17-18-7-3-2-4-8-18/h2-4,7-8H,5-6,9-17H2,1H3,(H,23,24). The lowest BCUT2D eigenvalue weighted by Crippen LogP contribution is -2.42. The first kappa shape index (κ1) is 21.4. The molecule has 0 saturated carbocycles.